The summed E-state index contributed by atoms with van der Waals surface area (Å²) in [5.74, 6) is -0.713. The van der Waals surface area contributed by atoms with Gasteiger partial charge >= 0.3 is 0 Å². The normalized spacial score (nSPS) is 13.8. The van der Waals surface area contributed by atoms with Crippen LogP contribution in [0.3, 0.4) is 0 Å². The van der Waals surface area contributed by atoms with Crippen molar-refractivity contribution >= 4 is 22.8 Å². The van der Waals surface area contributed by atoms with Gasteiger partial charge in [0.25, 0.3) is 11.8 Å². The molecule has 0 saturated heterocycles. The molecule has 1 aliphatic carbocycles. The summed E-state index contributed by atoms with van der Waals surface area (Å²) in [7, 11) is 0. The highest BCUT2D eigenvalue weighted by molar-refractivity contribution is 6.07. The van der Waals surface area contributed by atoms with Crippen LogP contribution in [0, 0.1) is 12.7 Å². The van der Waals surface area contributed by atoms with Gasteiger partial charge in [-0.1, -0.05) is 24.3 Å². The van der Waals surface area contributed by atoms with Crippen LogP contribution in [0.2, 0.25) is 0 Å². The highest BCUT2D eigenvalue weighted by Gasteiger charge is 2.47. The average molecular weight is 521 g/mol. The Balaban J connectivity index is 1.34. The van der Waals surface area contributed by atoms with Gasteiger partial charge in [0.2, 0.25) is 0 Å². The van der Waals surface area contributed by atoms with E-state index in [9.17, 15) is 14.0 Å². The molecule has 6 rings (SSSR count). The molecule has 3 aromatic carbocycles. The van der Waals surface area contributed by atoms with E-state index in [-0.39, 0.29) is 11.7 Å². The van der Waals surface area contributed by atoms with Crippen LogP contribution in [0.4, 0.5) is 4.39 Å². The predicted octanol–water partition coefficient (Wildman–Crippen LogP) is 5.45. The van der Waals surface area contributed by atoms with E-state index >= 15 is 0 Å². The number of carbonyl (C=O) groups excluding carboxylic acids is 2. The Bertz CT molecular complexity index is 1720. The molecule has 0 radical (unpaired) electrons. The van der Waals surface area contributed by atoms with Gasteiger partial charge in [0.15, 0.2) is 0 Å². The van der Waals surface area contributed by atoms with Crippen LogP contribution >= 0.6 is 0 Å². The second-order valence-electron chi connectivity index (χ2n) is 9.95. The van der Waals surface area contributed by atoms with Gasteiger partial charge in [-0.05, 0) is 90.6 Å². The summed E-state index contributed by atoms with van der Waals surface area (Å²) in [4.78, 5) is 25.8. The Hall–Kier alpha value is -4.85. The van der Waals surface area contributed by atoms with E-state index in [0.29, 0.717) is 34.3 Å². The van der Waals surface area contributed by atoms with E-state index in [2.05, 4.69) is 15.5 Å². The number of hydrogen-bond acceptors (Lipinski definition) is 5. The molecule has 1 aliphatic rings. The second kappa shape index (κ2) is 9.47. The van der Waals surface area contributed by atoms with E-state index in [1.54, 1.807) is 30.5 Å². The maximum absolute atomic E-state index is 13.4. The number of nitrogens with two attached hydrogens (primary N) is 1. The maximum atomic E-state index is 13.4. The molecular weight excluding hydrogens is 495 g/mol. The summed E-state index contributed by atoms with van der Waals surface area (Å²) in [6, 6.07) is 20.8. The van der Waals surface area contributed by atoms with Crippen molar-refractivity contribution in [3.05, 3.63) is 119 Å². The van der Waals surface area contributed by atoms with Gasteiger partial charge in [-0.2, -0.15) is 10.2 Å². The van der Waals surface area contributed by atoms with E-state index in [1.807, 2.05) is 43.3 Å². The number of furan rings is 1. The first-order valence-corrected chi connectivity index (χ1v) is 12.6. The number of aryl methyl sites for hydroxylation is 1. The number of rotatable bonds is 7. The van der Waals surface area contributed by atoms with Crippen LogP contribution in [0.5, 0.6) is 0 Å². The lowest BCUT2D eigenvalue weighted by molar-refractivity contribution is 0.0928. The zero-order chi connectivity index (χ0) is 27.1. The van der Waals surface area contributed by atoms with Crippen LogP contribution < -0.4 is 11.1 Å². The summed E-state index contributed by atoms with van der Waals surface area (Å²) < 4.78 is 19.4. The van der Waals surface area contributed by atoms with Crippen molar-refractivity contribution in [2.45, 2.75) is 31.7 Å². The molecule has 1 saturated carbocycles. The minimum absolute atomic E-state index is 0.191. The molecular formula is C31H25FN4O3. The third-order valence-corrected chi connectivity index (χ3v) is 7.26. The van der Waals surface area contributed by atoms with Crippen LogP contribution in [0.25, 0.3) is 22.1 Å². The Morgan fingerprint density at radius 1 is 1.05 bits per heavy atom. The first kappa shape index (κ1) is 24.5. The van der Waals surface area contributed by atoms with Gasteiger partial charge in [-0.15, -0.1) is 0 Å². The molecule has 39 heavy (non-hydrogen) atoms. The fourth-order valence-electron chi connectivity index (χ4n) is 4.99. The molecule has 0 atom stereocenters. The lowest BCUT2D eigenvalue weighted by atomic mass is 9.95. The predicted molar refractivity (Wildman–Crippen MR) is 145 cm³/mol. The molecule has 8 heteroatoms. The van der Waals surface area contributed by atoms with Crippen LogP contribution in [0.1, 0.15) is 56.1 Å². The molecule has 5 aromatic rings. The van der Waals surface area contributed by atoms with E-state index < -0.39 is 11.4 Å². The molecule has 0 aliphatic heterocycles. The standard InChI is InChI=1S/C31H25FN4O3/c1-18-4-7-21(30(38)35-31(12-13-31)27-3-2-14-34-36-27)17-23(18)20-8-11-25-24(16-20)28(29(33)37)26(39-25)15-19-5-9-22(32)10-6-19/h2-11,14,16-17H,12-13,15H2,1H3,(H2,33,37)(H,35,38). The number of fused-ring (bicyclic) bond motifs is 1. The Morgan fingerprint density at radius 3 is 2.54 bits per heavy atom. The number of halogens is 1. The first-order chi connectivity index (χ1) is 18.8. The largest absolute Gasteiger partial charge is 0.460 e. The number of hydrogen-bond donors (Lipinski definition) is 2. The SMILES string of the molecule is Cc1ccc(C(=O)NC2(c3cccnn3)CC2)cc1-c1ccc2oc(Cc3ccc(F)cc3)c(C(N)=O)c2c1. The van der Waals surface area contributed by atoms with Crippen LogP contribution in [0.15, 0.2) is 83.4 Å². The molecule has 2 amide bonds. The number of nitrogens with zero attached hydrogens (tertiary/aromatic N) is 2. The number of carbonyl (C=O) groups is 2. The minimum atomic E-state index is -0.605. The molecule has 7 nitrogen and oxygen atoms in total. The van der Waals surface area contributed by atoms with E-state index in [4.69, 9.17) is 10.2 Å². The van der Waals surface area contributed by atoms with Crippen molar-refractivity contribution in [3.63, 3.8) is 0 Å². The summed E-state index contributed by atoms with van der Waals surface area (Å²) in [5.41, 5.74) is 10.8. The topological polar surface area (TPSA) is 111 Å². The van der Waals surface area contributed by atoms with Gasteiger partial charge < -0.3 is 15.5 Å². The molecule has 0 bridgehead atoms. The number of benzene rings is 3. The molecule has 194 valence electrons. The van der Waals surface area contributed by atoms with E-state index in [1.165, 1.54) is 12.1 Å². The highest BCUT2D eigenvalue weighted by atomic mass is 19.1. The van der Waals surface area contributed by atoms with Crippen molar-refractivity contribution in [2.24, 2.45) is 5.73 Å². The van der Waals surface area contributed by atoms with Gasteiger partial charge in [0.05, 0.1) is 16.8 Å². The fourth-order valence-corrected chi connectivity index (χ4v) is 4.99. The Labute approximate surface area is 223 Å². The van der Waals surface area contributed by atoms with E-state index in [0.717, 1.165) is 40.8 Å². The fraction of sp³-hybridized carbons (Fsp3) is 0.161. The third kappa shape index (κ3) is 4.65. The number of amides is 2. The summed E-state index contributed by atoms with van der Waals surface area (Å²) in [5, 5.41) is 11.9. The third-order valence-electron chi connectivity index (χ3n) is 7.26. The lowest BCUT2D eigenvalue weighted by Gasteiger charge is -2.17. The van der Waals surface area contributed by atoms with Crippen molar-refractivity contribution in [3.8, 4) is 11.1 Å². The number of primary amides is 1. The smallest absolute Gasteiger partial charge is 0.252 e. The van der Waals surface area contributed by atoms with Gasteiger partial charge in [-0.25, -0.2) is 4.39 Å². The maximum Gasteiger partial charge on any atom is 0.252 e. The molecule has 3 N–H and O–H groups in total. The number of aromatic nitrogens is 2. The molecule has 2 heterocycles. The molecule has 1 fully saturated rings. The summed E-state index contributed by atoms with van der Waals surface area (Å²) in [6.45, 7) is 1.97. The molecule has 2 aromatic heterocycles. The highest BCUT2D eigenvalue weighted by Crippen LogP contribution is 2.44. The summed E-state index contributed by atoms with van der Waals surface area (Å²) >= 11 is 0. The number of nitrogens with one attached hydrogen (secondary N) is 1. The minimum Gasteiger partial charge on any atom is -0.460 e. The Morgan fingerprint density at radius 2 is 1.85 bits per heavy atom. The van der Waals surface area contributed by atoms with Crippen molar-refractivity contribution in [2.75, 3.05) is 0 Å². The zero-order valence-corrected chi connectivity index (χ0v) is 21.2. The van der Waals surface area contributed by atoms with Crippen LogP contribution in [-0.2, 0) is 12.0 Å². The second-order valence-corrected chi connectivity index (χ2v) is 9.95. The lowest BCUT2D eigenvalue weighted by Crippen LogP contribution is -2.35. The zero-order valence-electron chi connectivity index (χ0n) is 21.2. The van der Waals surface area contributed by atoms with Crippen LogP contribution in [-0.4, -0.2) is 22.0 Å². The van der Waals surface area contributed by atoms with Crippen molar-refractivity contribution < 1.29 is 18.4 Å². The van der Waals surface area contributed by atoms with Crippen molar-refractivity contribution in [1.82, 2.24) is 15.5 Å². The average Bonchev–Trinajstić information content (AvgIpc) is 3.62. The monoisotopic (exact) mass is 520 g/mol. The quantitative estimate of drug-likeness (QED) is 0.297. The van der Waals surface area contributed by atoms with Crippen molar-refractivity contribution in [1.29, 1.82) is 0 Å². The first-order valence-electron chi connectivity index (χ1n) is 12.6. The Kier molecular flexibility index (Phi) is 5.95. The molecule has 0 spiro atoms. The van der Waals surface area contributed by atoms with Gasteiger partial charge in [0.1, 0.15) is 17.2 Å². The summed E-state index contributed by atoms with van der Waals surface area (Å²) in [6.07, 6.45) is 3.53. The molecule has 0 unspecified atom stereocenters. The van der Waals surface area contributed by atoms with Gasteiger partial charge in [-0.3, -0.25) is 9.59 Å². The van der Waals surface area contributed by atoms with Gasteiger partial charge in [0, 0.05) is 23.6 Å².